The minimum absolute atomic E-state index is 0.0455. The molecule has 0 bridgehead atoms. The summed E-state index contributed by atoms with van der Waals surface area (Å²) in [4.78, 5) is 24.2. The lowest BCUT2D eigenvalue weighted by Crippen LogP contribution is -2.23. The zero-order valence-electron chi connectivity index (χ0n) is 12.3. The van der Waals surface area contributed by atoms with Crippen LogP contribution in [0, 0.1) is 0 Å². The maximum absolute atomic E-state index is 13.2. The molecule has 1 aromatic heterocycles. The SMILES string of the molecule is NC(=O)c1c(N)sc2c1C[C@H](c1ccccc1C(F)(F)F)CC2=O. The van der Waals surface area contributed by atoms with Crippen LogP contribution in [0.5, 0.6) is 0 Å². The van der Waals surface area contributed by atoms with E-state index in [4.69, 9.17) is 11.5 Å². The molecule has 0 aliphatic heterocycles. The number of thiophene rings is 1. The van der Waals surface area contributed by atoms with E-state index in [2.05, 4.69) is 0 Å². The number of hydrogen-bond donors (Lipinski definition) is 2. The molecule has 1 heterocycles. The van der Waals surface area contributed by atoms with Gasteiger partial charge in [-0.1, -0.05) is 18.2 Å². The van der Waals surface area contributed by atoms with Crippen molar-refractivity contribution in [2.24, 2.45) is 5.73 Å². The summed E-state index contributed by atoms with van der Waals surface area (Å²) >= 11 is 0.965. The molecule has 0 radical (unpaired) electrons. The maximum Gasteiger partial charge on any atom is 0.416 e. The summed E-state index contributed by atoms with van der Waals surface area (Å²) in [5, 5.41) is 0.130. The number of nitrogen functional groups attached to an aromatic ring is 1. The van der Waals surface area contributed by atoms with Crippen LogP contribution < -0.4 is 11.5 Å². The highest BCUT2D eigenvalue weighted by Crippen LogP contribution is 2.44. The number of rotatable bonds is 2. The van der Waals surface area contributed by atoms with Gasteiger partial charge in [-0.05, 0) is 29.5 Å². The van der Waals surface area contributed by atoms with E-state index in [1.807, 2.05) is 0 Å². The Labute approximate surface area is 139 Å². The molecule has 1 aliphatic rings. The van der Waals surface area contributed by atoms with Gasteiger partial charge in [0.05, 0.1) is 21.0 Å². The molecule has 1 aliphatic carbocycles. The zero-order valence-corrected chi connectivity index (χ0v) is 13.1. The number of nitrogens with two attached hydrogens (primary N) is 2. The fourth-order valence-corrected chi connectivity index (χ4v) is 4.19. The van der Waals surface area contributed by atoms with E-state index in [1.54, 1.807) is 0 Å². The zero-order chi connectivity index (χ0) is 17.6. The van der Waals surface area contributed by atoms with Gasteiger partial charge in [0, 0.05) is 6.42 Å². The van der Waals surface area contributed by atoms with Gasteiger partial charge < -0.3 is 11.5 Å². The number of fused-ring (bicyclic) bond motifs is 1. The van der Waals surface area contributed by atoms with Gasteiger partial charge in [-0.3, -0.25) is 9.59 Å². The third-order valence-corrected chi connectivity index (χ3v) is 5.22. The number of ketones is 1. The highest BCUT2D eigenvalue weighted by Gasteiger charge is 2.38. The topological polar surface area (TPSA) is 86.2 Å². The van der Waals surface area contributed by atoms with Crippen LogP contribution in [0.3, 0.4) is 0 Å². The van der Waals surface area contributed by atoms with Gasteiger partial charge in [0.1, 0.15) is 0 Å². The molecule has 1 amide bonds. The summed E-state index contributed by atoms with van der Waals surface area (Å²) in [6.45, 7) is 0. The molecule has 0 unspecified atom stereocenters. The molecule has 3 rings (SSSR count). The first-order chi connectivity index (χ1) is 11.2. The van der Waals surface area contributed by atoms with E-state index >= 15 is 0 Å². The van der Waals surface area contributed by atoms with Gasteiger partial charge in [0.25, 0.3) is 5.91 Å². The summed E-state index contributed by atoms with van der Waals surface area (Å²) in [5.74, 6) is -1.76. The molecule has 8 heteroatoms. The van der Waals surface area contributed by atoms with Crippen molar-refractivity contribution >= 4 is 28.0 Å². The van der Waals surface area contributed by atoms with Gasteiger partial charge in [-0.25, -0.2) is 0 Å². The predicted octanol–water partition coefficient (Wildman–Crippen LogP) is 3.36. The van der Waals surface area contributed by atoms with Crippen LogP contribution in [-0.2, 0) is 12.6 Å². The predicted molar refractivity (Wildman–Crippen MR) is 84.1 cm³/mol. The number of amides is 1. The van der Waals surface area contributed by atoms with Crippen LogP contribution in [-0.4, -0.2) is 11.7 Å². The third kappa shape index (κ3) is 2.66. The summed E-state index contributed by atoms with van der Waals surface area (Å²) in [7, 11) is 0. The van der Waals surface area contributed by atoms with Crippen LogP contribution in [0.25, 0.3) is 0 Å². The Morgan fingerprint density at radius 3 is 2.50 bits per heavy atom. The van der Waals surface area contributed by atoms with Crippen LogP contribution in [0.2, 0.25) is 0 Å². The Morgan fingerprint density at radius 2 is 1.88 bits per heavy atom. The minimum atomic E-state index is -4.51. The lowest BCUT2D eigenvalue weighted by atomic mass is 9.79. The van der Waals surface area contributed by atoms with Crippen molar-refractivity contribution in [3.63, 3.8) is 0 Å². The Bertz CT molecular complexity index is 842. The van der Waals surface area contributed by atoms with E-state index in [0.717, 1.165) is 17.4 Å². The highest BCUT2D eigenvalue weighted by atomic mass is 32.1. The minimum Gasteiger partial charge on any atom is -0.390 e. The van der Waals surface area contributed by atoms with Crippen molar-refractivity contribution in [1.29, 1.82) is 0 Å². The Kier molecular flexibility index (Phi) is 3.87. The molecule has 0 saturated heterocycles. The second-order valence-corrected chi connectivity index (χ2v) is 6.68. The molecule has 126 valence electrons. The Morgan fingerprint density at radius 1 is 1.21 bits per heavy atom. The molecule has 0 saturated carbocycles. The number of Topliss-reactive ketones (excluding diaryl/α,β-unsaturated/α-hetero) is 1. The Hall–Kier alpha value is -2.35. The first-order valence-corrected chi connectivity index (χ1v) is 7.92. The highest BCUT2D eigenvalue weighted by molar-refractivity contribution is 7.18. The van der Waals surface area contributed by atoms with Crippen molar-refractivity contribution in [2.45, 2.75) is 24.9 Å². The molecule has 1 aromatic carbocycles. The van der Waals surface area contributed by atoms with Gasteiger partial charge >= 0.3 is 6.18 Å². The number of carbonyl (C=O) groups excluding carboxylic acids is 2. The van der Waals surface area contributed by atoms with E-state index in [0.29, 0.717) is 10.4 Å². The summed E-state index contributed by atoms with van der Waals surface area (Å²) < 4.78 is 39.7. The summed E-state index contributed by atoms with van der Waals surface area (Å²) in [6.07, 6.45) is -4.45. The second-order valence-electron chi connectivity index (χ2n) is 5.63. The summed E-state index contributed by atoms with van der Waals surface area (Å²) in [5.41, 5.74) is 10.8. The molecule has 2 aromatic rings. The monoisotopic (exact) mass is 354 g/mol. The quantitative estimate of drug-likeness (QED) is 0.867. The number of anilines is 1. The van der Waals surface area contributed by atoms with E-state index in [9.17, 15) is 22.8 Å². The smallest absolute Gasteiger partial charge is 0.390 e. The fourth-order valence-electron chi connectivity index (χ4n) is 3.14. The number of alkyl halides is 3. The molecular weight excluding hydrogens is 341 g/mol. The third-order valence-electron chi connectivity index (χ3n) is 4.12. The first kappa shape index (κ1) is 16.5. The van der Waals surface area contributed by atoms with Crippen LogP contribution in [0.1, 0.15) is 49.1 Å². The number of benzene rings is 1. The van der Waals surface area contributed by atoms with Gasteiger partial charge in [-0.2, -0.15) is 13.2 Å². The molecular formula is C16H13F3N2O2S. The van der Waals surface area contributed by atoms with Crippen molar-refractivity contribution < 1.29 is 22.8 Å². The van der Waals surface area contributed by atoms with Gasteiger partial charge in [0.15, 0.2) is 5.78 Å². The number of halogens is 3. The first-order valence-electron chi connectivity index (χ1n) is 7.10. The molecule has 4 nitrogen and oxygen atoms in total. The molecule has 0 fully saturated rings. The molecule has 24 heavy (non-hydrogen) atoms. The number of primary amides is 1. The van der Waals surface area contributed by atoms with Crippen LogP contribution in [0.4, 0.5) is 18.2 Å². The average Bonchev–Trinajstić information content (AvgIpc) is 2.83. The molecule has 4 N–H and O–H groups in total. The van der Waals surface area contributed by atoms with Crippen molar-refractivity contribution in [3.05, 3.63) is 51.4 Å². The number of hydrogen-bond acceptors (Lipinski definition) is 4. The molecule has 1 atom stereocenters. The second kappa shape index (κ2) is 5.62. The van der Waals surface area contributed by atoms with Crippen molar-refractivity contribution in [2.75, 3.05) is 5.73 Å². The van der Waals surface area contributed by atoms with E-state index < -0.39 is 23.6 Å². The van der Waals surface area contributed by atoms with E-state index in [-0.39, 0.29) is 34.8 Å². The molecule has 0 spiro atoms. The average molecular weight is 354 g/mol. The Balaban J connectivity index is 2.09. The largest absolute Gasteiger partial charge is 0.416 e. The maximum atomic E-state index is 13.2. The summed E-state index contributed by atoms with van der Waals surface area (Å²) in [6, 6.07) is 5.17. The van der Waals surface area contributed by atoms with Crippen molar-refractivity contribution in [1.82, 2.24) is 0 Å². The van der Waals surface area contributed by atoms with Crippen LogP contribution in [0.15, 0.2) is 24.3 Å². The van der Waals surface area contributed by atoms with E-state index in [1.165, 1.54) is 18.2 Å². The fraction of sp³-hybridized carbons (Fsp3) is 0.250. The van der Waals surface area contributed by atoms with Gasteiger partial charge in [-0.15, -0.1) is 11.3 Å². The lowest BCUT2D eigenvalue weighted by Gasteiger charge is -2.25. The lowest BCUT2D eigenvalue weighted by molar-refractivity contribution is -0.138. The van der Waals surface area contributed by atoms with Crippen molar-refractivity contribution in [3.8, 4) is 0 Å². The normalized spacial score (nSPS) is 17.6. The van der Waals surface area contributed by atoms with Crippen LogP contribution >= 0.6 is 11.3 Å². The number of carbonyl (C=O) groups is 2. The standard InChI is InChI=1S/C16H13F3N2O2S/c17-16(18,19)10-4-2-1-3-8(10)7-5-9-12(14(20)23)15(21)24-13(9)11(22)6-7/h1-4,7H,5-6,21H2,(H2,20,23)/t7-/m0/s1. The van der Waals surface area contributed by atoms with Gasteiger partial charge in [0.2, 0.25) is 0 Å².